The van der Waals surface area contributed by atoms with Crippen molar-refractivity contribution in [1.82, 2.24) is 14.8 Å². The van der Waals surface area contributed by atoms with Crippen LogP contribution in [-0.2, 0) is 0 Å². The zero-order valence-corrected chi connectivity index (χ0v) is 18.1. The predicted octanol–water partition coefficient (Wildman–Crippen LogP) is 5.34. The van der Waals surface area contributed by atoms with Crippen LogP contribution in [0.25, 0.3) is 17.1 Å². The molecular weight excluding hydrogens is 407 g/mol. The average molecular weight is 430 g/mol. The van der Waals surface area contributed by atoms with Gasteiger partial charge in [-0.3, -0.25) is 4.79 Å². The van der Waals surface area contributed by atoms with Crippen molar-refractivity contribution in [2.75, 3.05) is 11.9 Å². The maximum Gasteiger partial charge on any atom is 0.295 e. The zero-order chi connectivity index (χ0) is 22.7. The van der Waals surface area contributed by atoms with Gasteiger partial charge in [-0.05, 0) is 86.5 Å². The number of amides is 1. The van der Waals surface area contributed by atoms with Gasteiger partial charge in [-0.25, -0.2) is 14.1 Å². The molecule has 32 heavy (non-hydrogen) atoms. The number of carbonyl (C=O) groups is 1. The van der Waals surface area contributed by atoms with Gasteiger partial charge in [-0.15, -0.1) is 5.10 Å². The van der Waals surface area contributed by atoms with Gasteiger partial charge in [0, 0.05) is 11.3 Å². The van der Waals surface area contributed by atoms with Crippen LogP contribution in [0.3, 0.4) is 0 Å². The summed E-state index contributed by atoms with van der Waals surface area (Å²) in [5, 5.41) is 7.35. The molecule has 1 aromatic heterocycles. The highest BCUT2D eigenvalue weighted by atomic mass is 19.1. The highest BCUT2D eigenvalue weighted by Crippen LogP contribution is 2.24. The standard InChI is InChI=1S/C25H23FN4O2/c1-4-32-21-14-12-20(13-15-21)30-24(18-8-10-19(26)11-9-18)28-23(29-30)25(31)27-22-7-5-6-16(2)17(22)3/h5-15H,4H2,1-3H3,(H,27,31). The highest BCUT2D eigenvalue weighted by molar-refractivity contribution is 6.02. The average Bonchev–Trinajstić information content (AvgIpc) is 3.24. The lowest BCUT2D eigenvalue weighted by Gasteiger charge is -2.08. The number of hydrogen-bond acceptors (Lipinski definition) is 4. The normalized spacial score (nSPS) is 10.8. The van der Waals surface area contributed by atoms with E-state index in [1.165, 1.54) is 12.1 Å². The SMILES string of the molecule is CCOc1ccc(-n2nc(C(=O)Nc3cccc(C)c3C)nc2-c2ccc(F)cc2)cc1. The summed E-state index contributed by atoms with van der Waals surface area (Å²) in [4.78, 5) is 17.4. The number of hydrogen-bond donors (Lipinski definition) is 1. The van der Waals surface area contributed by atoms with Gasteiger partial charge in [0.15, 0.2) is 5.82 Å². The van der Waals surface area contributed by atoms with Crippen LogP contribution < -0.4 is 10.1 Å². The van der Waals surface area contributed by atoms with Crippen LogP contribution in [0.2, 0.25) is 0 Å². The number of anilines is 1. The number of aromatic nitrogens is 3. The monoisotopic (exact) mass is 430 g/mol. The first-order valence-corrected chi connectivity index (χ1v) is 10.3. The summed E-state index contributed by atoms with van der Waals surface area (Å²) in [7, 11) is 0. The molecule has 6 nitrogen and oxygen atoms in total. The fourth-order valence-electron chi connectivity index (χ4n) is 3.29. The molecule has 3 aromatic carbocycles. The van der Waals surface area contributed by atoms with Crippen molar-refractivity contribution in [3.8, 4) is 22.8 Å². The smallest absolute Gasteiger partial charge is 0.295 e. The molecule has 0 fully saturated rings. The Balaban J connectivity index is 1.74. The number of nitrogens with one attached hydrogen (secondary N) is 1. The quantitative estimate of drug-likeness (QED) is 0.448. The molecule has 0 unspecified atom stereocenters. The predicted molar refractivity (Wildman–Crippen MR) is 122 cm³/mol. The molecule has 4 aromatic rings. The Bertz CT molecular complexity index is 1250. The van der Waals surface area contributed by atoms with Crippen LogP contribution in [-0.4, -0.2) is 27.3 Å². The maximum absolute atomic E-state index is 13.5. The molecule has 0 saturated heterocycles. The van der Waals surface area contributed by atoms with Gasteiger partial charge >= 0.3 is 0 Å². The zero-order valence-electron chi connectivity index (χ0n) is 18.1. The molecule has 0 aliphatic heterocycles. The summed E-state index contributed by atoms with van der Waals surface area (Å²) in [6, 6.07) is 18.9. The molecule has 4 rings (SSSR count). The van der Waals surface area contributed by atoms with Crippen LogP contribution in [0.5, 0.6) is 5.75 Å². The second-order valence-corrected chi connectivity index (χ2v) is 7.31. The number of carbonyl (C=O) groups excluding carboxylic acids is 1. The first-order valence-electron chi connectivity index (χ1n) is 10.3. The molecular formula is C25H23FN4O2. The van der Waals surface area contributed by atoms with Gasteiger partial charge in [0.2, 0.25) is 5.82 Å². The minimum atomic E-state index is -0.424. The second kappa shape index (κ2) is 9.01. The minimum Gasteiger partial charge on any atom is -0.494 e. The third-order valence-electron chi connectivity index (χ3n) is 5.16. The Hall–Kier alpha value is -4.00. The Morgan fingerprint density at radius 2 is 1.75 bits per heavy atom. The molecule has 1 heterocycles. The van der Waals surface area contributed by atoms with Crippen LogP contribution in [0.1, 0.15) is 28.7 Å². The molecule has 162 valence electrons. The lowest BCUT2D eigenvalue weighted by atomic mass is 10.1. The van der Waals surface area contributed by atoms with Gasteiger partial charge in [0.05, 0.1) is 12.3 Å². The molecule has 0 radical (unpaired) electrons. The number of aryl methyl sites for hydroxylation is 1. The summed E-state index contributed by atoms with van der Waals surface area (Å²) >= 11 is 0. The van der Waals surface area contributed by atoms with E-state index in [0.717, 1.165) is 16.9 Å². The molecule has 0 aliphatic rings. The number of nitrogens with zero attached hydrogens (tertiary/aromatic N) is 3. The summed E-state index contributed by atoms with van der Waals surface area (Å²) in [5.74, 6) is 0.396. The fraction of sp³-hybridized carbons (Fsp3) is 0.160. The van der Waals surface area contributed by atoms with E-state index in [9.17, 15) is 9.18 Å². The number of rotatable bonds is 6. The van der Waals surface area contributed by atoms with Crippen molar-refractivity contribution in [3.63, 3.8) is 0 Å². The van der Waals surface area contributed by atoms with E-state index in [4.69, 9.17) is 4.74 Å². The molecule has 0 atom stereocenters. The van der Waals surface area contributed by atoms with Crippen molar-refractivity contribution < 1.29 is 13.9 Å². The first kappa shape index (κ1) is 21.2. The summed E-state index contributed by atoms with van der Waals surface area (Å²) in [6.45, 7) is 6.41. The van der Waals surface area contributed by atoms with E-state index in [2.05, 4.69) is 15.4 Å². The van der Waals surface area contributed by atoms with Gasteiger partial charge in [0.25, 0.3) is 5.91 Å². The van der Waals surface area contributed by atoms with E-state index in [0.29, 0.717) is 29.4 Å². The van der Waals surface area contributed by atoms with E-state index < -0.39 is 5.91 Å². The fourth-order valence-corrected chi connectivity index (χ4v) is 3.29. The van der Waals surface area contributed by atoms with Crippen molar-refractivity contribution in [2.24, 2.45) is 0 Å². The van der Waals surface area contributed by atoms with Crippen LogP contribution in [0.4, 0.5) is 10.1 Å². The van der Waals surface area contributed by atoms with E-state index in [1.807, 2.05) is 63.2 Å². The van der Waals surface area contributed by atoms with Crippen molar-refractivity contribution in [3.05, 3.63) is 89.5 Å². The molecule has 1 N–H and O–H groups in total. The third-order valence-corrected chi connectivity index (χ3v) is 5.16. The number of ether oxygens (including phenoxy) is 1. The first-order chi connectivity index (χ1) is 15.5. The van der Waals surface area contributed by atoms with Crippen molar-refractivity contribution in [1.29, 1.82) is 0 Å². The summed E-state index contributed by atoms with van der Waals surface area (Å²) in [5.41, 5.74) is 4.09. The minimum absolute atomic E-state index is 0.0131. The van der Waals surface area contributed by atoms with Crippen molar-refractivity contribution >= 4 is 11.6 Å². The lowest BCUT2D eigenvalue weighted by molar-refractivity contribution is 0.101. The Kier molecular flexibility index (Phi) is 5.98. The second-order valence-electron chi connectivity index (χ2n) is 7.31. The summed E-state index contributed by atoms with van der Waals surface area (Å²) < 4.78 is 20.5. The van der Waals surface area contributed by atoms with Gasteiger partial charge in [0.1, 0.15) is 11.6 Å². The topological polar surface area (TPSA) is 69.0 Å². The van der Waals surface area contributed by atoms with Gasteiger partial charge in [-0.2, -0.15) is 0 Å². The van der Waals surface area contributed by atoms with Gasteiger partial charge < -0.3 is 10.1 Å². The Morgan fingerprint density at radius 3 is 2.44 bits per heavy atom. The molecule has 0 bridgehead atoms. The van der Waals surface area contributed by atoms with Crippen LogP contribution in [0, 0.1) is 19.7 Å². The molecule has 1 amide bonds. The van der Waals surface area contributed by atoms with Crippen LogP contribution in [0.15, 0.2) is 66.7 Å². The molecule has 0 spiro atoms. The number of halogens is 1. The Morgan fingerprint density at radius 1 is 1.03 bits per heavy atom. The van der Waals surface area contributed by atoms with E-state index in [-0.39, 0.29) is 11.6 Å². The largest absolute Gasteiger partial charge is 0.494 e. The Labute approximate surface area is 185 Å². The van der Waals surface area contributed by atoms with E-state index >= 15 is 0 Å². The summed E-state index contributed by atoms with van der Waals surface area (Å²) in [6.07, 6.45) is 0. The number of benzene rings is 3. The van der Waals surface area contributed by atoms with Gasteiger partial charge in [-0.1, -0.05) is 12.1 Å². The maximum atomic E-state index is 13.5. The molecule has 7 heteroatoms. The third kappa shape index (κ3) is 4.37. The molecule has 0 saturated carbocycles. The van der Waals surface area contributed by atoms with Crippen LogP contribution >= 0.6 is 0 Å². The van der Waals surface area contributed by atoms with Crippen molar-refractivity contribution in [2.45, 2.75) is 20.8 Å². The molecule has 0 aliphatic carbocycles. The van der Waals surface area contributed by atoms with E-state index in [1.54, 1.807) is 16.8 Å². The highest BCUT2D eigenvalue weighted by Gasteiger charge is 2.20. The lowest BCUT2D eigenvalue weighted by Crippen LogP contribution is -2.15.